The first-order valence-electron chi connectivity index (χ1n) is 6.20. The summed E-state index contributed by atoms with van der Waals surface area (Å²) in [4.78, 5) is 6.63. The molecule has 2 N–H and O–H groups in total. The number of nitrogens with two attached hydrogens (primary N) is 1. The zero-order valence-electron chi connectivity index (χ0n) is 10.0. The molecule has 1 atom stereocenters. The fraction of sp³-hybridized carbons (Fsp3) is 0.615. The summed E-state index contributed by atoms with van der Waals surface area (Å²) in [5.74, 6) is 0. The van der Waals surface area contributed by atoms with Gasteiger partial charge < -0.3 is 10.6 Å². The second-order valence-electron chi connectivity index (χ2n) is 4.59. The number of pyridine rings is 1. The highest BCUT2D eigenvalue weighted by Crippen LogP contribution is 2.25. The van der Waals surface area contributed by atoms with E-state index in [2.05, 4.69) is 22.9 Å². The maximum atomic E-state index is 5.89. The molecule has 0 amide bonds. The van der Waals surface area contributed by atoms with E-state index in [1.165, 1.54) is 36.9 Å². The van der Waals surface area contributed by atoms with Gasteiger partial charge in [-0.3, -0.25) is 4.98 Å². The Labute approximate surface area is 97.7 Å². The zero-order chi connectivity index (χ0) is 11.4. The van der Waals surface area contributed by atoms with Crippen molar-refractivity contribution in [2.24, 2.45) is 5.73 Å². The van der Waals surface area contributed by atoms with Gasteiger partial charge in [-0.15, -0.1) is 0 Å². The molecule has 0 spiro atoms. The number of hydrogen-bond acceptors (Lipinski definition) is 3. The van der Waals surface area contributed by atoms with Crippen LogP contribution in [0, 0.1) is 6.92 Å². The third kappa shape index (κ3) is 2.35. The standard InChI is InChI=1S/C13H21N3/c1-11-10-15-7-6-13(11)16-8-4-2-3-5-12(16)9-14/h6-7,10,12H,2-5,8-9,14H2,1H3. The Kier molecular flexibility index (Phi) is 3.78. The van der Waals surface area contributed by atoms with Gasteiger partial charge in [0.05, 0.1) is 0 Å². The Bertz CT molecular complexity index is 338. The number of nitrogens with zero attached hydrogens (tertiary/aromatic N) is 2. The second kappa shape index (κ2) is 5.30. The van der Waals surface area contributed by atoms with Crippen molar-refractivity contribution in [1.29, 1.82) is 0 Å². The molecule has 1 saturated heterocycles. The molecule has 0 aliphatic carbocycles. The number of rotatable bonds is 2. The van der Waals surface area contributed by atoms with Gasteiger partial charge >= 0.3 is 0 Å². The molecule has 3 heteroatoms. The monoisotopic (exact) mass is 219 g/mol. The largest absolute Gasteiger partial charge is 0.367 e. The maximum Gasteiger partial charge on any atom is 0.0429 e. The van der Waals surface area contributed by atoms with Crippen LogP contribution in [0.2, 0.25) is 0 Å². The van der Waals surface area contributed by atoms with E-state index in [0.29, 0.717) is 6.04 Å². The molecule has 1 aromatic heterocycles. The molecule has 0 radical (unpaired) electrons. The molecule has 1 fully saturated rings. The molecule has 16 heavy (non-hydrogen) atoms. The Balaban J connectivity index is 2.25. The smallest absolute Gasteiger partial charge is 0.0429 e. The van der Waals surface area contributed by atoms with Gasteiger partial charge in [-0.1, -0.05) is 12.8 Å². The summed E-state index contributed by atoms with van der Waals surface area (Å²) >= 11 is 0. The van der Waals surface area contributed by atoms with Gasteiger partial charge in [-0.25, -0.2) is 0 Å². The topological polar surface area (TPSA) is 42.2 Å². The minimum atomic E-state index is 0.503. The Morgan fingerprint density at radius 3 is 3.06 bits per heavy atom. The van der Waals surface area contributed by atoms with Gasteiger partial charge in [0, 0.05) is 37.2 Å². The Hall–Kier alpha value is -1.09. The van der Waals surface area contributed by atoms with Crippen LogP contribution < -0.4 is 10.6 Å². The average Bonchev–Trinajstić information content (AvgIpc) is 2.54. The van der Waals surface area contributed by atoms with Crippen LogP contribution in [0.15, 0.2) is 18.5 Å². The van der Waals surface area contributed by atoms with E-state index in [9.17, 15) is 0 Å². The van der Waals surface area contributed by atoms with E-state index < -0.39 is 0 Å². The quantitative estimate of drug-likeness (QED) is 0.828. The number of anilines is 1. The van der Waals surface area contributed by atoms with E-state index in [1.54, 1.807) is 0 Å². The van der Waals surface area contributed by atoms with Crippen molar-refractivity contribution in [1.82, 2.24) is 4.98 Å². The van der Waals surface area contributed by atoms with Crippen molar-refractivity contribution < 1.29 is 0 Å². The lowest BCUT2D eigenvalue weighted by Crippen LogP contribution is -2.40. The summed E-state index contributed by atoms with van der Waals surface area (Å²) < 4.78 is 0. The summed E-state index contributed by atoms with van der Waals surface area (Å²) in [5, 5.41) is 0. The third-order valence-electron chi connectivity index (χ3n) is 3.45. The highest BCUT2D eigenvalue weighted by Gasteiger charge is 2.20. The highest BCUT2D eigenvalue weighted by molar-refractivity contribution is 5.52. The molecule has 3 nitrogen and oxygen atoms in total. The summed E-state index contributed by atoms with van der Waals surface area (Å²) in [7, 11) is 0. The van der Waals surface area contributed by atoms with Crippen molar-refractivity contribution in [3.8, 4) is 0 Å². The zero-order valence-corrected chi connectivity index (χ0v) is 10.0. The van der Waals surface area contributed by atoms with Crippen LogP contribution >= 0.6 is 0 Å². The van der Waals surface area contributed by atoms with Gasteiger partial charge in [-0.05, 0) is 31.4 Å². The lowest BCUT2D eigenvalue weighted by atomic mass is 10.1. The minimum Gasteiger partial charge on any atom is -0.367 e. The SMILES string of the molecule is Cc1cnccc1N1CCCCCC1CN. The fourth-order valence-corrected chi connectivity index (χ4v) is 2.53. The predicted octanol–water partition coefficient (Wildman–Crippen LogP) is 2.10. The first-order chi connectivity index (χ1) is 7.83. The van der Waals surface area contributed by atoms with Crippen LogP contribution in [0.3, 0.4) is 0 Å². The molecular formula is C13H21N3. The van der Waals surface area contributed by atoms with Crippen LogP contribution in [0.25, 0.3) is 0 Å². The third-order valence-corrected chi connectivity index (χ3v) is 3.45. The normalized spacial score (nSPS) is 21.9. The highest BCUT2D eigenvalue weighted by atomic mass is 15.2. The van der Waals surface area contributed by atoms with Crippen molar-refractivity contribution >= 4 is 5.69 Å². The maximum absolute atomic E-state index is 5.89. The lowest BCUT2D eigenvalue weighted by molar-refractivity contribution is 0.579. The van der Waals surface area contributed by atoms with E-state index in [0.717, 1.165) is 13.1 Å². The molecule has 2 rings (SSSR count). The summed E-state index contributed by atoms with van der Waals surface area (Å²) in [6, 6.07) is 2.62. The molecule has 2 heterocycles. The molecule has 1 aliphatic heterocycles. The molecule has 0 aromatic carbocycles. The van der Waals surface area contributed by atoms with Gasteiger partial charge in [0.15, 0.2) is 0 Å². The van der Waals surface area contributed by atoms with Crippen LogP contribution in [0.4, 0.5) is 5.69 Å². The van der Waals surface area contributed by atoms with Gasteiger partial charge in [0.25, 0.3) is 0 Å². The van der Waals surface area contributed by atoms with Gasteiger partial charge in [0.2, 0.25) is 0 Å². The van der Waals surface area contributed by atoms with Crippen LogP contribution in [-0.4, -0.2) is 24.1 Å². The number of hydrogen-bond donors (Lipinski definition) is 1. The summed E-state index contributed by atoms with van der Waals surface area (Å²) in [6.45, 7) is 4.01. The van der Waals surface area contributed by atoms with Crippen molar-refractivity contribution in [2.75, 3.05) is 18.0 Å². The molecule has 1 unspecified atom stereocenters. The first-order valence-corrected chi connectivity index (χ1v) is 6.20. The van der Waals surface area contributed by atoms with E-state index in [-0.39, 0.29) is 0 Å². The van der Waals surface area contributed by atoms with E-state index in [4.69, 9.17) is 5.73 Å². The minimum absolute atomic E-state index is 0.503. The van der Waals surface area contributed by atoms with E-state index >= 15 is 0 Å². The molecule has 88 valence electrons. The fourth-order valence-electron chi connectivity index (χ4n) is 2.53. The molecule has 0 bridgehead atoms. The van der Waals surface area contributed by atoms with Gasteiger partial charge in [0.1, 0.15) is 0 Å². The lowest BCUT2D eigenvalue weighted by Gasteiger charge is -2.32. The van der Waals surface area contributed by atoms with Crippen LogP contribution in [0.5, 0.6) is 0 Å². The Morgan fingerprint density at radius 2 is 2.31 bits per heavy atom. The second-order valence-corrected chi connectivity index (χ2v) is 4.59. The van der Waals surface area contributed by atoms with Crippen molar-refractivity contribution in [3.05, 3.63) is 24.0 Å². The first kappa shape index (κ1) is 11.4. The molecule has 1 aliphatic rings. The number of aromatic nitrogens is 1. The van der Waals surface area contributed by atoms with Crippen molar-refractivity contribution in [2.45, 2.75) is 38.6 Å². The molecule has 1 aromatic rings. The molecular weight excluding hydrogens is 198 g/mol. The Morgan fingerprint density at radius 1 is 1.44 bits per heavy atom. The van der Waals surface area contributed by atoms with Crippen LogP contribution in [-0.2, 0) is 0 Å². The van der Waals surface area contributed by atoms with Crippen LogP contribution in [0.1, 0.15) is 31.2 Å². The molecule has 0 saturated carbocycles. The number of aryl methyl sites for hydroxylation is 1. The summed E-state index contributed by atoms with van der Waals surface area (Å²) in [6.07, 6.45) is 8.95. The summed E-state index contributed by atoms with van der Waals surface area (Å²) in [5.41, 5.74) is 8.46. The average molecular weight is 219 g/mol. The van der Waals surface area contributed by atoms with Gasteiger partial charge in [-0.2, -0.15) is 0 Å². The van der Waals surface area contributed by atoms with Crippen molar-refractivity contribution in [3.63, 3.8) is 0 Å². The van der Waals surface area contributed by atoms with E-state index in [1.807, 2.05) is 12.4 Å². The predicted molar refractivity (Wildman–Crippen MR) is 67.6 cm³/mol.